The van der Waals surface area contributed by atoms with Gasteiger partial charge < -0.3 is 23.9 Å². The van der Waals surface area contributed by atoms with Crippen molar-refractivity contribution in [2.24, 2.45) is 0 Å². The van der Waals surface area contributed by atoms with Gasteiger partial charge in [-0.3, -0.25) is 9.69 Å². The van der Waals surface area contributed by atoms with Crippen molar-refractivity contribution in [3.8, 4) is 11.5 Å². The molecule has 0 bridgehead atoms. The van der Waals surface area contributed by atoms with Gasteiger partial charge in [-0.25, -0.2) is 9.59 Å². The van der Waals surface area contributed by atoms with E-state index in [1.165, 1.54) is 19.2 Å². The third kappa shape index (κ3) is 5.92. The van der Waals surface area contributed by atoms with Crippen LogP contribution in [0.25, 0.3) is 6.08 Å². The molecule has 9 nitrogen and oxygen atoms in total. The molecule has 1 N–H and O–H groups in total. The molecule has 1 unspecified atom stereocenters. The van der Waals surface area contributed by atoms with Crippen molar-refractivity contribution in [1.82, 2.24) is 10.2 Å². The molecule has 9 heteroatoms. The van der Waals surface area contributed by atoms with Crippen LogP contribution in [0.2, 0.25) is 0 Å². The topological polar surface area (TPSA) is 107 Å². The molecule has 2 aromatic rings. The molecule has 1 aliphatic rings. The van der Waals surface area contributed by atoms with Crippen molar-refractivity contribution in [3.05, 3.63) is 65.3 Å². The summed E-state index contributed by atoms with van der Waals surface area (Å²) in [6.07, 6.45) is 4.72. The smallest absolute Gasteiger partial charge is 0.373 e. The van der Waals surface area contributed by atoms with E-state index in [-0.39, 0.29) is 29.9 Å². The maximum Gasteiger partial charge on any atom is 0.373 e. The largest absolute Gasteiger partial charge is 0.490 e. The summed E-state index contributed by atoms with van der Waals surface area (Å²) in [6.45, 7) is 10.0. The fourth-order valence-corrected chi connectivity index (χ4v) is 3.47. The number of carbonyl (C=O) groups excluding carboxylic acids is 3. The van der Waals surface area contributed by atoms with E-state index in [0.29, 0.717) is 30.1 Å². The molecule has 35 heavy (non-hydrogen) atoms. The Morgan fingerprint density at radius 2 is 2.03 bits per heavy atom. The van der Waals surface area contributed by atoms with Crippen molar-refractivity contribution >= 4 is 24.0 Å². The Bertz CT molecular complexity index is 1150. The van der Waals surface area contributed by atoms with Crippen LogP contribution in [0.15, 0.2) is 47.0 Å². The normalized spacial score (nSPS) is 15.2. The minimum absolute atomic E-state index is 0.00692. The zero-order valence-corrected chi connectivity index (χ0v) is 20.4. The maximum absolute atomic E-state index is 13.0. The van der Waals surface area contributed by atoms with E-state index in [0.717, 1.165) is 16.9 Å². The number of imide groups is 1. The number of methoxy groups -OCH3 is 1. The minimum atomic E-state index is -0.643. The number of esters is 1. The number of rotatable bonds is 11. The second kappa shape index (κ2) is 11.4. The second-order valence-electron chi connectivity index (χ2n) is 7.91. The summed E-state index contributed by atoms with van der Waals surface area (Å²) in [6, 6.07) is 6.01. The summed E-state index contributed by atoms with van der Waals surface area (Å²) in [5.41, 5.74) is 1.63. The summed E-state index contributed by atoms with van der Waals surface area (Å²) in [5, 5.41) is 2.60. The zero-order chi connectivity index (χ0) is 25.5. The molecule has 0 aliphatic carbocycles. The second-order valence-corrected chi connectivity index (χ2v) is 7.91. The van der Waals surface area contributed by atoms with Gasteiger partial charge in [-0.05, 0) is 62.6 Å². The lowest BCUT2D eigenvalue weighted by Gasteiger charge is -2.20. The van der Waals surface area contributed by atoms with Gasteiger partial charge in [0.25, 0.3) is 5.91 Å². The number of carbonyl (C=O) groups is 3. The van der Waals surface area contributed by atoms with Crippen LogP contribution in [0.3, 0.4) is 0 Å². The summed E-state index contributed by atoms with van der Waals surface area (Å²) >= 11 is 0. The molecule has 2 heterocycles. The molecular weight excluding hydrogens is 452 g/mol. The molecule has 0 spiro atoms. The average molecular weight is 483 g/mol. The molecule has 1 aromatic heterocycles. The highest BCUT2D eigenvalue weighted by molar-refractivity contribution is 6.13. The van der Waals surface area contributed by atoms with E-state index in [1.807, 2.05) is 26.8 Å². The molecule has 1 saturated heterocycles. The molecule has 0 radical (unpaired) electrons. The fourth-order valence-electron chi connectivity index (χ4n) is 3.47. The van der Waals surface area contributed by atoms with Crippen molar-refractivity contribution in [1.29, 1.82) is 0 Å². The molecular formula is C26H30N2O7. The number of benzene rings is 1. The number of urea groups is 1. The first-order valence-corrected chi connectivity index (χ1v) is 11.4. The Hall–Kier alpha value is -4.01. The monoisotopic (exact) mass is 482 g/mol. The lowest BCUT2D eigenvalue weighted by atomic mass is 10.0. The van der Waals surface area contributed by atoms with Crippen molar-refractivity contribution < 1.29 is 33.0 Å². The van der Waals surface area contributed by atoms with Gasteiger partial charge in [-0.15, -0.1) is 6.58 Å². The van der Waals surface area contributed by atoms with Crippen LogP contribution in [0.4, 0.5) is 4.79 Å². The molecule has 1 atom stereocenters. The Labute approximate surface area is 204 Å². The van der Waals surface area contributed by atoms with Crippen molar-refractivity contribution in [2.45, 2.75) is 46.3 Å². The highest BCUT2D eigenvalue weighted by Gasteiger charge is 2.34. The molecule has 186 valence electrons. The number of ether oxygens (including phenoxy) is 3. The van der Waals surface area contributed by atoms with Gasteiger partial charge in [0, 0.05) is 5.56 Å². The SMILES string of the molecule is C=CCc1cc(C=C2NC(=O)N(Cc3ccc(C(=O)OC)o3)C2=O)cc(OCC)c1OC(C)CC. The van der Waals surface area contributed by atoms with Gasteiger partial charge in [-0.1, -0.05) is 13.0 Å². The first-order chi connectivity index (χ1) is 16.8. The maximum atomic E-state index is 13.0. The third-order valence-corrected chi connectivity index (χ3v) is 5.35. The van der Waals surface area contributed by atoms with Gasteiger partial charge >= 0.3 is 12.0 Å². The summed E-state index contributed by atoms with van der Waals surface area (Å²) in [4.78, 5) is 38.0. The Morgan fingerprint density at radius 1 is 1.26 bits per heavy atom. The van der Waals surface area contributed by atoms with Gasteiger partial charge in [0.15, 0.2) is 11.5 Å². The van der Waals surface area contributed by atoms with Crippen molar-refractivity contribution in [3.63, 3.8) is 0 Å². The lowest BCUT2D eigenvalue weighted by Crippen LogP contribution is -2.30. The van der Waals surface area contributed by atoms with Crippen LogP contribution in [0.5, 0.6) is 11.5 Å². The van der Waals surface area contributed by atoms with Gasteiger partial charge in [0.2, 0.25) is 5.76 Å². The highest BCUT2D eigenvalue weighted by atomic mass is 16.5. The van der Waals surface area contributed by atoms with E-state index in [4.69, 9.17) is 13.9 Å². The first kappa shape index (κ1) is 25.6. The van der Waals surface area contributed by atoms with Gasteiger partial charge in [0.1, 0.15) is 11.5 Å². The van der Waals surface area contributed by atoms with Crippen LogP contribution in [0, 0.1) is 0 Å². The van der Waals surface area contributed by atoms with Crippen molar-refractivity contribution in [2.75, 3.05) is 13.7 Å². The predicted octanol–water partition coefficient (Wildman–Crippen LogP) is 4.46. The van der Waals surface area contributed by atoms with E-state index < -0.39 is 17.9 Å². The van der Waals surface area contributed by atoms with E-state index in [9.17, 15) is 14.4 Å². The Balaban J connectivity index is 1.89. The number of nitrogens with zero attached hydrogens (tertiary/aromatic N) is 1. The number of hydrogen-bond donors (Lipinski definition) is 1. The Morgan fingerprint density at radius 3 is 2.69 bits per heavy atom. The van der Waals surface area contributed by atoms with E-state index in [2.05, 4.69) is 16.6 Å². The minimum Gasteiger partial charge on any atom is -0.490 e. The average Bonchev–Trinajstić information content (AvgIpc) is 3.41. The number of nitrogens with one attached hydrogen (secondary N) is 1. The van der Waals surface area contributed by atoms with Crippen LogP contribution < -0.4 is 14.8 Å². The molecule has 0 saturated carbocycles. The van der Waals surface area contributed by atoms with Crippen LogP contribution in [-0.2, 0) is 22.5 Å². The van der Waals surface area contributed by atoms with Gasteiger partial charge in [-0.2, -0.15) is 0 Å². The van der Waals surface area contributed by atoms with E-state index >= 15 is 0 Å². The first-order valence-electron chi connectivity index (χ1n) is 11.4. The zero-order valence-electron chi connectivity index (χ0n) is 20.4. The molecule has 1 aromatic carbocycles. The number of amides is 3. The van der Waals surface area contributed by atoms with Gasteiger partial charge in [0.05, 0.1) is 26.4 Å². The summed E-state index contributed by atoms with van der Waals surface area (Å²) < 4.78 is 21.9. The molecule has 1 fully saturated rings. The summed E-state index contributed by atoms with van der Waals surface area (Å²) in [5.74, 6) is 0.297. The van der Waals surface area contributed by atoms with E-state index in [1.54, 1.807) is 18.2 Å². The van der Waals surface area contributed by atoms with Crippen LogP contribution in [0.1, 0.15) is 54.6 Å². The molecule has 3 rings (SSSR count). The fraction of sp³-hybridized carbons (Fsp3) is 0.346. The third-order valence-electron chi connectivity index (χ3n) is 5.35. The lowest BCUT2D eigenvalue weighted by molar-refractivity contribution is -0.123. The summed E-state index contributed by atoms with van der Waals surface area (Å²) in [7, 11) is 1.24. The quantitative estimate of drug-likeness (QED) is 0.218. The molecule has 3 amide bonds. The number of allylic oxidation sites excluding steroid dienone is 1. The predicted molar refractivity (Wildman–Crippen MR) is 129 cm³/mol. The van der Waals surface area contributed by atoms with Crippen LogP contribution >= 0.6 is 0 Å². The highest BCUT2D eigenvalue weighted by Crippen LogP contribution is 2.36. The molecule has 1 aliphatic heterocycles. The number of hydrogen-bond acceptors (Lipinski definition) is 7. The standard InChI is InChI=1S/C26H30N2O7/c1-6-9-18-12-17(14-22(33-8-3)23(18)34-16(4)7-2)13-20-24(29)28(26(31)27-20)15-19-10-11-21(35-19)25(30)32-5/h6,10-14,16H,1,7-9,15H2,2-5H3,(H,27,31). The van der Waals surface area contributed by atoms with Crippen LogP contribution in [-0.4, -0.2) is 42.6 Å². The number of furan rings is 1. The Kier molecular flexibility index (Phi) is 8.35.